The van der Waals surface area contributed by atoms with Crippen molar-refractivity contribution in [3.05, 3.63) is 35.4 Å². The van der Waals surface area contributed by atoms with Crippen LogP contribution >= 0.6 is 0 Å². The number of nitrogens with zero attached hydrogens (tertiary/aromatic N) is 1. The fraction of sp³-hybridized carbons (Fsp3) is 0.562. The lowest BCUT2D eigenvalue weighted by Gasteiger charge is -2.28. The van der Waals surface area contributed by atoms with E-state index in [1.165, 1.54) is 12.1 Å². The van der Waals surface area contributed by atoms with Crippen molar-refractivity contribution >= 4 is 5.97 Å². The minimum atomic E-state index is -0.779. The van der Waals surface area contributed by atoms with Gasteiger partial charge in [-0.3, -0.25) is 9.69 Å². The first kappa shape index (κ1) is 15.9. The highest BCUT2D eigenvalue weighted by atomic mass is 19.1. The molecule has 2 atom stereocenters. The second-order valence-electron chi connectivity index (χ2n) is 5.90. The number of likely N-dealkylation sites (tertiary alicyclic amines) is 1. The van der Waals surface area contributed by atoms with Gasteiger partial charge in [-0.1, -0.05) is 19.4 Å². The Labute approximate surface area is 123 Å². The van der Waals surface area contributed by atoms with Gasteiger partial charge in [0, 0.05) is 24.2 Å². The summed E-state index contributed by atoms with van der Waals surface area (Å²) in [6.45, 7) is 4.83. The molecule has 0 amide bonds. The number of hydrogen-bond acceptors (Lipinski definition) is 2. The molecule has 5 heteroatoms. The zero-order valence-corrected chi connectivity index (χ0v) is 12.4. The van der Waals surface area contributed by atoms with Crippen LogP contribution in [0.4, 0.5) is 8.78 Å². The van der Waals surface area contributed by atoms with Gasteiger partial charge < -0.3 is 5.11 Å². The topological polar surface area (TPSA) is 40.5 Å². The molecule has 1 aromatic carbocycles. The van der Waals surface area contributed by atoms with Crippen LogP contribution in [0, 0.1) is 17.0 Å². The number of carboxylic acid groups (broad SMARTS) is 1. The van der Waals surface area contributed by atoms with Crippen molar-refractivity contribution < 1.29 is 18.7 Å². The Morgan fingerprint density at radius 2 is 2.19 bits per heavy atom. The van der Waals surface area contributed by atoms with Crippen LogP contribution in [0.5, 0.6) is 0 Å². The fourth-order valence-corrected chi connectivity index (χ4v) is 3.24. The summed E-state index contributed by atoms with van der Waals surface area (Å²) in [7, 11) is 0. The maximum atomic E-state index is 13.9. The normalized spacial score (nSPS) is 24.2. The first-order valence-corrected chi connectivity index (χ1v) is 7.32. The van der Waals surface area contributed by atoms with Crippen LogP contribution < -0.4 is 0 Å². The van der Waals surface area contributed by atoms with Gasteiger partial charge >= 0.3 is 5.97 Å². The molecule has 0 aromatic heterocycles. The number of hydrogen-bond donors (Lipinski definition) is 1. The first-order chi connectivity index (χ1) is 9.89. The van der Waals surface area contributed by atoms with Crippen LogP contribution in [-0.2, 0) is 4.79 Å². The molecule has 0 saturated carbocycles. The summed E-state index contributed by atoms with van der Waals surface area (Å²) in [6, 6.07) is 3.29. The zero-order chi connectivity index (χ0) is 15.6. The van der Waals surface area contributed by atoms with E-state index in [-0.39, 0.29) is 6.04 Å². The standard InChI is InChI=1S/C16H21F2NO2/c1-3-6-16(15(20)21)7-8-19(10-16)11(2)13-5-4-12(17)9-14(13)18/h4-5,9,11H,3,6-8,10H2,1-2H3,(H,20,21). The van der Waals surface area contributed by atoms with E-state index in [2.05, 4.69) is 0 Å². The van der Waals surface area contributed by atoms with E-state index in [1.807, 2.05) is 18.7 Å². The Hall–Kier alpha value is -1.49. The molecule has 1 N–H and O–H groups in total. The second-order valence-corrected chi connectivity index (χ2v) is 5.90. The molecule has 3 nitrogen and oxygen atoms in total. The number of carboxylic acids is 1. The molecule has 1 saturated heterocycles. The van der Waals surface area contributed by atoms with Gasteiger partial charge in [0.25, 0.3) is 0 Å². The van der Waals surface area contributed by atoms with Crippen LogP contribution in [0.2, 0.25) is 0 Å². The zero-order valence-electron chi connectivity index (χ0n) is 12.4. The van der Waals surface area contributed by atoms with Crippen molar-refractivity contribution in [3.63, 3.8) is 0 Å². The maximum Gasteiger partial charge on any atom is 0.310 e. The molecule has 21 heavy (non-hydrogen) atoms. The lowest BCUT2D eigenvalue weighted by molar-refractivity contribution is -0.148. The second kappa shape index (κ2) is 6.10. The van der Waals surface area contributed by atoms with Gasteiger partial charge in [0.05, 0.1) is 5.41 Å². The van der Waals surface area contributed by atoms with E-state index in [1.54, 1.807) is 0 Å². The van der Waals surface area contributed by atoms with Crippen LogP contribution in [0.1, 0.15) is 44.7 Å². The molecular weight excluding hydrogens is 276 g/mol. The molecule has 0 radical (unpaired) electrons. The summed E-state index contributed by atoms with van der Waals surface area (Å²) < 4.78 is 26.9. The van der Waals surface area contributed by atoms with E-state index >= 15 is 0 Å². The van der Waals surface area contributed by atoms with E-state index in [0.717, 1.165) is 12.5 Å². The van der Waals surface area contributed by atoms with Crippen LogP contribution in [0.25, 0.3) is 0 Å². The van der Waals surface area contributed by atoms with Gasteiger partial charge in [0.1, 0.15) is 11.6 Å². The van der Waals surface area contributed by atoms with Crippen LogP contribution in [0.15, 0.2) is 18.2 Å². The van der Waals surface area contributed by atoms with Gasteiger partial charge in [-0.25, -0.2) is 8.78 Å². The minimum absolute atomic E-state index is 0.260. The summed E-state index contributed by atoms with van der Waals surface area (Å²) >= 11 is 0. The minimum Gasteiger partial charge on any atom is -0.481 e. The monoisotopic (exact) mass is 297 g/mol. The summed E-state index contributed by atoms with van der Waals surface area (Å²) in [4.78, 5) is 13.6. The molecule has 1 aromatic rings. The van der Waals surface area contributed by atoms with E-state index in [0.29, 0.717) is 31.5 Å². The fourth-order valence-electron chi connectivity index (χ4n) is 3.24. The molecular formula is C16H21F2NO2. The average molecular weight is 297 g/mol. The molecule has 1 fully saturated rings. The van der Waals surface area contributed by atoms with Crippen molar-refractivity contribution in [2.24, 2.45) is 5.41 Å². The molecule has 1 heterocycles. The quantitative estimate of drug-likeness (QED) is 0.902. The summed E-state index contributed by atoms with van der Waals surface area (Å²) in [6.07, 6.45) is 2.00. The Morgan fingerprint density at radius 3 is 2.76 bits per heavy atom. The van der Waals surface area contributed by atoms with Gasteiger partial charge in [0.2, 0.25) is 0 Å². The molecule has 0 aliphatic carbocycles. The average Bonchev–Trinajstić information content (AvgIpc) is 2.84. The van der Waals surface area contributed by atoms with Crippen molar-refractivity contribution in [1.82, 2.24) is 4.90 Å². The first-order valence-electron chi connectivity index (χ1n) is 7.32. The lowest BCUT2D eigenvalue weighted by Crippen LogP contribution is -2.35. The Balaban J connectivity index is 2.18. The molecule has 116 valence electrons. The molecule has 1 aliphatic rings. The van der Waals surface area contributed by atoms with Crippen molar-refractivity contribution in [1.29, 1.82) is 0 Å². The highest BCUT2D eigenvalue weighted by molar-refractivity contribution is 5.75. The number of benzene rings is 1. The van der Waals surface area contributed by atoms with Crippen molar-refractivity contribution in [2.45, 2.75) is 39.2 Å². The highest BCUT2D eigenvalue weighted by Gasteiger charge is 2.45. The van der Waals surface area contributed by atoms with Gasteiger partial charge in [-0.15, -0.1) is 0 Å². The smallest absolute Gasteiger partial charge is 0.310 e. The van der Waals surface area contributed by atoms with Gasteiger partial charge in [-0.2, -0.15) is 0 Å². The van der Waals surface area contributed by atoms with Crippen molar-refractivity contribution in [3.8, 4) is 0 Å². The highest BCUT2D eigenvalue weighted by Crippen LogP contribution is 2.39. The maximum absolute atomic E-state index is 13.9. The van der Waals surface area contributed by atoms with Gasteiger partial charge in [-0.05, 0) is 32.4 Å². The molecule has 0 bridgehead atoms. The predicted molar refractivity (Wildman–Crippen MR) is 75.9 cm³/mol. The molecule has 2 unspecified atom stereocenters. The lowest BCUT2D eigenvalue weighted by atomic mass is 9.82. The Morgan fingerprint density at radius 1 is 1.48 bits per heavy atom. The van der Waals surface area contributed by atoms with Crippen molar-refractivity contribution in [2.75, 3.05) is 13.1 Å². The Bertz CT molecular complexity index is 535. The third-order valence-corrected chi connectivity index (χ3v) is 4.53. The third kappa shape index (κ3) is 3.07. The largest absolute Gasteiger partial charge is 0.481 e. The summed E-state index contributed by atoms with van der Waals surface area (Å²) in [5, 5.41) is 9.51. The van der Waals surface area contributed by atoms with Gasteiger partial charge in [0.15, 0.2) is 0 Å². The SMILES string of the molecule is CCCC1(C(=O)O)CCN(C(C)c2ccc(F)cc2F)C1. The number of carbonyl (C=O) groups is 1. The predicted octanol–water partition coefficient (Wildman–Crippen LogP) is 3.60. The number of rotatable bonds is 5. The molecule has 0 spiro atoms. The third-order valence-electron chi connectivity index (χ3n) is 4.53. The van der Waals surface area contributed by atoms with E-state index < -0.39 is 23.0 Å². The molecule has 1 aliphatic heterocycles. The molecule has 2 rings (SSSR count). The summed E-state index contributed by atoms with van der Waals surface area (Å²) in [5.74, 6) is -1.96. The van der Waals surface area contributed by atoms with Crippen LogP contribution in [-0.4, -0.2) is 29.1 Å². The van der Waals surface area contributed by atoms with E-state index in [4.69, 9.17) is 0 Å². The Kier molecular flexibility index (Phi) is 4.61. The van der Waals surface area contributed by atoms with E-state index in [9.17, 15) is 18.7 Å². The number of halogens is 2. The summed E-state index contributed by atoms with van der Waals surface area (Å²) in [5.41, 5.74) is -0.325. The van der Waals surface area contributed by atoms with Crippen LogP contribution in [0.3, 0.4) is 0 Å². The number of aliphatic carboxylic acids is 1.